The molecule has 2 nitrogen and oxygen atoms in total. The zero-order chi connectivity index (χ0) is 10.8. The van der Waals surface area contributed by atoms with E-state index >= 15 is 0 Å². The lowest BCUT2D eigenvalue weighted by Crippen LogP contribution is -2.21. The van der Waals surface area contributed by atoms with Gasteiger partial charge in [-0.3, -0.25) is 0 Å². The first-order valence-electron chi connectivity index (χ1n) is 4.85. The molecule has 15 heavy (non-hydrogen) atoms. The van der Waals surface area contributed by atoms with Crippen molar-refractivity contribution in [3.8, 4) is 0 Å². The maximum absolute atomic E-state index is 10.8. The summed E-state index contributed by atoms with van der Waals surface area (Å²) in [6.07, 6.45) is 4.99. The van der Waals surface area contributed by atoms with Crippen molar-refractivity contribution >= 4 is 23.0 Å². The van der Waals surface area contributed by atoms with Crippen molar-refractivity contribution in [3.05, 3.63) is 40.8 Å². The van der Waals surface area contributed by atoms with Crippen molar-refractivity contribution in [2.45, 2.75) is 18.9 Å². The molecule has 1 radical (unpaired) electrons. The van der Waals surface area contributed by atoms with E-state index in [1.807, 2.05) is 12.1 Å². The van der Waals surface area contributed by atoms with Gasteiger partial charge in [-0.25, -0.2) is 0 Å². The molecule has 0 heterocycles. The molecule has 0 amide bonds. The summed E-state index contributed by atoms with van der Waals surface area (Å²) in [5.41, 5.74) is 2.28. The Labute approximate surface area is 98.3 Å². The van der Waals surface area contributed by atoms with Gasteiger partial charge in [0.15, 0.2) is 0 Å². The van der Waals surface area contributed by atoms with E-state index in [-0.39, 0.29) is 0 Å². The van der Waals surface area contributed by atoms with E-state index in [4.69, 9.17) is 11.6 Å². The quantitative estimate of drug-likeness (QED) is 0.823. The topological polar surface area (TPSA) is 35.1 Å². The Morgan fingerprint density at radius 1 is 1.60 bits per heavy atom. The second kappa shape index (κ2) is 4.74. The summed E-state index contributed by atoms with van der Waals surface area (Å²) in [6, 6.07) is 6.04. The average Bonchev–Trinajstić information content (AvgIpc) is 2.98. The van der Waals surface area contributed by atoms with Crippen molar-refractivity contribution < 1.29 is 4.55 Å². The highest BCUT2D eigenvalue weighted by molar-refractivity contribution is 7.88. The fourth-order valence-electron chi connectivity index (χ4n) is 1.49. The third-order valence-corrected chi connectivity index (χ3v) is 3.29. The summed E-state index contributed by atoms with van der Waals surface area (Å²) in [4.78, 5) is 0. The zero-order valence-electron chi connectivity index (χ0n) is 8.50. The van der Waals surface area contributed by atoms with Crippen LogP contribution in [0.25, 0.3) is 0 Å². The molecule has 0 bridgehead atoms. The molecule has 0 spiro atoms. The average molecular weight is 243 g/mol. The van der Waals surface area contributed by atoms with Gasteiger partial charge in [-0.05, 0) is 36.0 Å². The predicted molar refractivity (Wildman–Crippen MR) is 64.0 cm³/mol. The van der Waals surface area contributed by atoms with Crippen LogP contribution in [0.2, 0.25) is 5.02 Å². The number of hydrogen-bond donors (Lipinski definition) is 1. The lowest BCUT2D eigenvalue weighted by molar-refractivity contribution is 0.586. The minimum Gasteiger partial charge on any atom is -0.598 e. The first kappa shape index (κ1) is 11.3. The van der Waals surface area contributed by atoms with E-state index in [0.29, 0.717) is 12.5 Å². The maximum atomic E-state index is 10.8. The van der Waals surface area contributed by atoms with Gasteiger partial charge in [-0.15, -0.1) is 4.72 Å². The molecule has 2 atom stereocenters. The Morgan fingerprint density at radius 2 is 2.33 bits per heavy atom. The standard InChI is InChI=1S/C11H13ClNOS/c1-15(14)13-7-8-2-5-10(9-3-4-9)11(12)6-8/h2-3,5-6,9,13H,4,7H2,1H3. The summed E-state index contributed by atoms with van der Waals surface area (Å²) in [7, 11) is 0. The van der Waals surface area contributed by atoms with Gasteiger partial charge in [0.1, 0.15) is 6.26 Å². The molecular weight excluding hydrogens is 230 g/mol. The molecule has 0 aromatic heterocycles. The Kier molecular flexibility index (Phi) is 3.57. The van der Waals surface area contributed by atoms with E-state index in [2.05, 4.69) is 17.2 Å². The molecule has 1 aliphatic carbocycles. The largest absolute Gasteiger partial charge is 0.598 e. The van der Waals surface area contributed by atoms with Crippen LogP contribution in [0.5, 0.6) is 0 Å². The van der Waals surface area contributed by atoms with Gasteiger partial charge < -0.3 is 4.55 Å². The maximum Gasteiger partial charge on any atom is 0.115 e. The molecular formula is C11H13ClNOS. The zero-order valence-corrected chi connectivity index (χ0v) is 10.1. The molecule has 2 rings (SSSR count). The molecule has 1 aromatic rings. The summed E-state index contributed by atoms with van der Waals surface area (Å²) in [5.74, 6) is 0.555. The summed E-state index contributed by atoms with van der Waals surface area (Å²) >= 11 is 5.18. The van der Waals surface area contributed by atoms with Crippen LogP contribution in [0.1, 0.15) is 23.5 Å². The smallest absolute Gasteiger partial charge is 0.115 e. The van der Waals surface area contributed by atoms with Crippen LogP contribution in [0.4, 0.5) is 0 Å². The molecule has 2 unspecified atom stereocenters. The van der Waals surface area contributed by atoms with Crippen LogP contribution >= 0.6 is 11.6 Å². The van der Waals surface area contributed by atoms with E-state index in [0.717, 1.165) is 17.0 Å². The van der Waals surface area contributed by atoms with Crippen LogP contribution in [-0.4, -0.2) is 10.8 Å². The Bertz CT molecular complexity index is 352. The number of benzene rings is 1. The molecule has 0 saturated heterocycles. The number of nitrogens with one attached hydrogen (secondary N) is 1. The fraction of sp³-hybridized carbons (Fsp3) is 0.364. The van der Waals surface area contributed by atoms with E-state index < -0.39 is 11.4 Å². The second-order valence-electron chi connectivity index (χ2n) is 3.71. The van der Waals surface area contributed by atoms with Crippen molar-refractivity contribution in [2.75, 3.05) is 6.26 Å². The molecule has 4 heteroatoms. The molecule has 1 aliphatic rings. The van der Waals surface area contributed by atoms with Crippen molar-refractivity contribution in [2.24, 2.45) is 0 Å². The van der Waals surface area contributed by atoms with Gasteiger partial charge >= 0.3 is 0 Å². The monoisotopic (exact) mass is 242 g/mol. The first-order valence-corrected chi connectivity index (χ1v) is 6.79. The van der Waals surface area contributed by atoms with Crippen LogP contribution in [0.15, 0.2) is 18.2 Å². The molecule has 1 fully saturated rings. The van der Waals surface area contributed by atoms with Crippen LogP contribution in [0, 0.1) is 6.42 Å². The van der Waals surface area contributed by atoms with Gasteiger partial charge in [0.25, 0.3) is 0 Å². The van der Waals surface area contributed by atoms with Gasteiger partial charge in [-0.2, -0.15) is 0 Å². The van der Waals surface area contributed by atoms with Crippen molar-refractivity contribution in [1.82, 2.24) is 4.72 Å². The highest BCUT2D eigenvalue weighted by atomic mass is 35.5. The molecule has 1 N–H and O–H groups in total. The van der Waals surface area contributed by atoms with E-state index in [1.54, 1.807) is 6.26 Å². The first-order chi connectivity index (χ1) is 7.16. The third kappa shape index (κ3) is 3.11. The second-order valence-corrected chi connectivity index (χ2v) is 5.31. The van der Waals surface area contributed by atoms with Crippen molar-refractivity contribution in [3.63, 3.8) is 0 Å². The van der Waals surface area contributed by atoms with Gasteiger partial charge in [0.2, 0.25) is 0 Å². The Morgan fingerprint density at radius 3 is 2.87 bits per heavy atom. The van der Waals surface area contributed by atoms with Crippen LogP contribution in [-0.2, 0) is 17.9 Å². The van der Waals surface area contributed by atoms with E-state index in [9.17, 15) is 4.55 Å². The lowest BCUT2D eigenvalue weighted by Gasteiger charge is -2.08. The highest BCUT2D eigenvalue weighted by Gasteiger charge is 2.25. The van der Waals surface area contributed by atoms with Gasteiger partial charge in [0.05, 0.1) is 6.54 Å². The number of rotatable bonds is 4. The number of halogens is 1. The summed E-state index contributed by atoms with van der Waals surface area (Å²) in [5, 5.41) is 0.815. The Hall–Kier alpha value is -0.220. The molecule has 0 aliphatic heterocycles. The predicted octanol–water partition coefficient (Wildman–Crippen LogP) is 2.41. The van der Waals surface area contributed by atoms with Crippen molar-refractivity contribution in [1.29, 1.82) is 0 Å². The highest BCUT2D eigenvalue weighted by Crippen LogP contribution is 2.42. The summed E-state index contributed by atoms with van der Waals surface area (Å²) in [6.45, 7) is 0.595. The summed E-state index contributed by atoms with van der Waals surface area (Å²) < 4.78 is 13.7. The van der Waals surface area contributed by atoms with Crippen LogP contribution < -0.4 is 4.72 Å². The normalized spacial score (nSPS) is 17.8. The van der Waals surface area contributed by atoms with Crippen LogP contribution in [0.3, 0.4) is 0 Å². The molecule has 81 valence electrons. The van der Waals surface area contributed by atoms with Gasteiger partial charge in [0, 0.05) is 16.4 Å². The molecule has 1 saturated carbocycles. The SMILES string of the molecule is C[S+]([O-])NCc1ccc(C2[CH]C2)c(Cl)c1. The lowest BCUT2D eigenvalue weighted by atomic mass is 10.1. The third-order valence-electron chi connectivity index (χ3n) is 2.42. The minimum absolute atomic E-state index is 0.555. The van der Waals surface area contributed by atoms with Gasteiger partial charge in [-0.1, -0.05) is 23.7 Å². The Balaban J connectivity index is 2.04. The fourth-order valence-corrected chi connectivity index (χ4v) is 2.20. The minimum atomic E-state index is -0.974. The van der Waals surface area contributed by atoms with E-state index in [1.165, 1.54) is 5.56 Å². The number of hydrogen-bond acceptors (Lipinski definition) is 2. The molecule has 1 aromatic carbocycles.